The van der Waals surface area contributed by atoms with Gasteiger partial charge in [-0.2, -0.15) is 0 Å². The third-order valence-corrected chi connectivity index (χ3v) is 2.13. The SMILES string of the molecule is COCC(=O)Nc1ccc(C(=O)NC(C)C)cc1. The summed E-state index contributed by atoms with van der Waals surface area (Å²) in [5.41, 5.74) is 1.20. The molecule has 0 bridgehead atoms. The van der Waals surface area contributed by atoms with E-state index in [4.69, 9.17) is 4.74 Å². The maximum atomic E-state index is 11.7. The summed E-state index contributed by atoms with van der Waals surface area (Å²) >= 11 is 0. The Bertz CT molecular complexity index is 413. The van der Waals surface area contributed by atoms with Crippen LogP contribution in [0.4, 0.5) is 5.69 Å². The minimum atomic E-state index is -0.225. The third-order valence-electron chi connectivity index (χ3n) is 2.13. The number of benzene rings is 1. The van der Waals surface area contributed by atoms with Gasteiger partial charge in [-0.05, 0) is 38.1 Å². The Morgan fingerprint density at radius 1 is 1.22 bits per heavy atom. The minimum Gasteiger partial charge on any atom is -0.375 e. The highest BCUT2D eigenvalue weighted by Crippen LogP contribution is 2.09. The lowest BCUT2D eigenvalue weighted by molar-refractivity contribution is -0.119. The Morgan fingerprint density at radius 3 is 2.33 bits per heavy atom. The van der Waals surface area contributed by atoms with Gasteiger partial charge >= 0.3 is 0 Å². The molecule has 0 fully saturated rings. The summed E-state index contributed by atoms with van der Waals surface area (Å²) in [4.78, 5) is 22.9. The summed E-state index contributed by atoms with van der Waals surface area (Å²) in [7, 11) is 1.46. The molecular formula is C13H18N2O3. The summed E-state index contributed by atoms with van der Waals surface area (Å²) in [6.07, 6.45) is 0. The predicted octanol–water partition coefficient (Wildman–Crippen LogP) is 1.41. The predicted molar refractivity (Wildman–Crippen MR) is 69.5 cm³/mol. The second-order valence-corrected chi connectivity index (χ2v) is 4.19. The number of ether oxygens (including phenoxy) is 1. The molecule has 5 nitrogen and oxygen atoms in total. The maximum absolute atomic E-state index is 11.7. The van der Waals surface area contributed by atoms with Gasteiger partial charge in [0.1, 0.15) is 6.61 Å². The number of nitrogens with one attached hydrogen (secondary N) is 2. The second-order valence-electron chi connectivity index (χ2n) is 4.19. The lowest BCUT2D eigenvalue weighted by atomic mass is 10.2. The molecule has 0 saturated heterocycles. The molecular weight excluding hydrogens is 232 g/mol. The molecule has 0 aromatic heterocycles. The molecule has 0 spiro atoms. The van der Waals surface area contributed by atoms with Gasteiger partial charge in [-0.25, -0.2) is 0 Å². The molecule has 1 rings (SSSR count). The fourth-order valence-corrected chi connectivity index (χ4v) is 1.38. The Hall–Kier alpha value is -1.88. The van der Waals surface area contributed by atoms with Gasteiger partial charge in [0, 0.05) is 24.4 Å². The van der Waals surface area contributed by atoms with Crippen LogP contribution in [0, 0.1) is 0 Å². The number of methoxy groups -OCH3 is 1. The van der Waals surface area contributed by atoms with Crippen LogP contribution in [0.5, 0.6) is 0 Å². The van der Waals surface area contributed by atoms with Gasteiger partial charge in [0.25, 0.3) is 5.91 Å². The zero-order valence-corrected chi connectivity index (χ0v) is 10.8. The van der Waals surface area contributed by atoms with Crippen molar-refractivity contribution in [2.24, 2.45) is 0 Å². The van der Waals surface area contributed by atoms with Crippen molar-refractivity contribution in [3.05, 3.63) is 29.8 Å². The topological polar surface area (TPSA) is 67.4 Å². The smallest absolute Gasteiger partial charge is 0.251 e. The van der Waals surface area contributed by atoms with Gasteiger partial charge in [0.2, 0.25) is 5.91 Å². The first kappa shape index (κ1) is 14.2. The van der Waals surface area contributed by atoms with Crippen LogP contribution < -0.4 is 10.6 Å². The zero-order chi connectivity index (χ0) is 13.5. The van der Waals surface area contributed by atoms with Crippen molar-refractivity contribution in [1.82, 2.24) is 5.32 Å². The molecule has 5 heteroatoms. The number of carbonyl (C=O) groups is 2. The van der Waals surface area contributed by atoms with Crippen LogP contribution in [0.15, 0.2) is 24.3 Å². The quantitative estimate of drug-likeness (QED) is 0.830. The van der Waals surface area contributed by atoms with Gasteiger partial charge in [-0.1, -0.05) is 0 Å². The average Bonchev–Trinajstić information content (AvgIpc) is 2.29. The van der Waals surface area contributed by atoms with E-state index in [-0.39, 0.29) is 24.5 Å². The highest BCUT2D eigenvalue weighted by Gasteiger charge is 2.07. The molecule has 0 aliphatic rings. The number of anilines is 1. The summed E-state index contributed by atoms with van der Waals surface area (Å²) in [6, 6.07) is 6.80. The first-order valence-electron chi connectivity index (χ1n) is 5.72. The van der Waals surface area contributed by atoms with Gasteiger partial charge < -0.3 is 15.4 Å². The maximum Gasteiger partial charge on any atom is 0.251 e. The molecule has 1 aromatic carbocycles. The van der Waals surface area contributed by atoms with Crippen molar-refractivity contribution in [2.45, 2.75) is 19.9 Å². The number of hydrogen-bond acceptors (Lipinski definition) is 3. The van der Waals surface area contributed by atoms with Crippen LogP contribution in [-0.2, 0) is 9.53 Å². The van der Waals surface area contributed by atoms with Crippen LogP contribution in [0.2, 0.25) is 0 Å². The molecule has 98 valence electrons. The van der Waals surface area contributed by atoms with Crippen molar-refractivity contribution in [3.8, 4) is 0 Å². The lowest BCUT2D eigenvalue weighted by Gasteiger charge is -2.09. The van der Waals surface area contributed by atoms with Crippen molar-refractivity contribution >= 4 is 17.5 Å². The summed E-state index contributed by atoms with van der Waals surface area (Å²) in [6.45, 7) is 3.81. The fourth-order valence-electron chi connectivity index (χ4n) is 1.38. The number of amides is 2. The van der Waals surface area contributed by atoms with Crippen molar-refractivity contribution in [1.29, 1.82) is 0 Å². The molecule has 0 saturated carbocycles. The number of hydrogen-bond donors (Lipinski definition) is 2. The Balaban J connectivity index is 2.62. The average molecular weight is 250 g/mol. The zero-order valence-electron chi connectivity index (χ0n) is 10.8. The van der Waals surface area contributed by atoms with E-state index in [2.05, 4.69) is 10.6 Å². The molecule has 0 aliphatic carbocycles. The van der Waals surface area contributed by atoms with E-state index in [0.29, 0.717) is 11.3 Å². The van der Waals surface area contributed by atoms with E-state index < -0.39 is 0 Å². The standard InChI is InChI=1S/C13H18N2O3/c1-9(2)14-13(17)10-4-6-11(7-5-10)15-12(16)8-18-3/h4-7,9H,8H2,1-3H3,(H,14,17)(H,15,16). The number of carbonyl (C=O) groups excluding carboxylic acids is 2. The molecule has 0 radical (unpaired) electrons. The van der Waals surface area contributed by atoms with Crippen molar-refractivity contribution in [3.63, 3.8) is 0 Å². The molecule has 2 N–H and O–H groups in total. The third kappa shape index (κ3) is 4.55. The highest BCUT2D eigenvalue weighted by atomic mass is 16.5. The molecule has 0 atom stereocenters. The van der Waals surface area contributed by atoms with Gasteiger partial charge in [-0.3, -0.25) is 9.59 Å². The van der Waals surface area contributed by atoms with Gasteiger partial charge in [0.15, 0.2) is 0 Å². The summed E-state index contributed by atoms with van der Waals surface area (Å²) in [5.74, 6) is -0.350. The first-order chi connectivity index (χ1) is 8.52. The Kier molecular flexibility index (Phi) is 5.32. The monoisotopic (exact) mass is 250 g/mol. The van der Waals surface area contributed by atoms with Crippen molar-refractivity contribution in [2.75, 3.05) is 19.0 Å². The minimum absolute atomic E-state index is 0.00951. The molecule has 0 heterocycles. The molecule has 2 amide bonds. The van der Waals surface area contributed by atoms with E-state index in [1.807, 2.05) is 13.8 Å². The van der Waals surface area contributed by atoms with Crippen LogP contribution in [0.25, 0.3) is 0 Å². The van der Waals surface area contributed by atoms with E-state index in [0.717, 1.165) is 0 Å². The first-order valence-corrected chi connectivity index (χ1v) is 5.72. The lowest BCUT2D eigenvalue weighted by Crippen LogP contribution is -2.30. The highest BCUT2D eigenvalue weighted by molar-refractivity contribution is 5.96. The normalized spacial score (nSPS) is 10.2. The van der Waals surface area contributed by atoms with Crippen LogP contribution in [-0.4, -0.2) is 31.6 Å². The van der Waals surface area contributed by atoms with E-state index in [1.165, 1.54) is 7.11 Å². The molecule has 0 unspecified atom stereocenters. The molecule has 1 aromatic rings. The van der Waals surface area contributed by atoms with Crippen LogP contribution in [0.1, 0.15) is 24.2 Å². The van der Waals surface area contributed by atoms with Gasteiger partial charge in [-0.15, -0.1) is 0 Å². The van der Waals surface area contributed by atoms with Crippen LogP contribution in [0.3, 0.4) is 0 Å². The fraction of sp³-hybridized carbons (Fsp3) is 0.385. The second kappa shape index (κ2) is 6.76. The van der Waals surface area contributed by atoms with Crippen molar-refractivity contribution < 1.29 is 14.3 Å². The molecule has 0 aliphatic heterocycles. The Labute approximate surface area is 107 Å². The number of rotatable bonds is 5. The Morgan fingerprint density at radius 2 is 1.83 bits per heavy atom. The van der Waals surface area contributed by atoms with E-state index in [9.17, 15) is 9.59 Å². The van der Waals surface area contributed by atoms with E-state index >= 15 is 0 Å². The van der Waals surface area contributed by atoms with Gasteiger partial charge in [0.05, 0.1) is 0 Å². The summed E-state index contributed by atoms with van der Waals surface area (Å²) in [5, 5.41) is 5.45. The van der Waals surface area contributed by atoms with E-state index in [1.54, 1.807) is 24.3 Å². The summed E-state index contributed by atoms with van der Waals surface area (Å²) < 4.78 is 4.71. The molecule has 18 heavy (non-hydrogen) atoms. The largest absolute Gasteiger partial charge is 0.375 e. The van der Waals surface area contributed by atoms with Crippen LogP contribution >= 0.6 is 0 Å².